The van der Waals surface area contributed by atoms with Crippen molar-refractivity contribution in [3.05, 3.63) is 59.9 Å². The summed E-state index contributed by atoms with van der Waals surface area (Å²) in [6.45, 7) is -0.395. The third kappa shape index (κ3) is 5.29. The van der Waals surface area contributed by atoms with E-state index in [1.807, 2.05) is 0 Å². The molecule has 2 amide bonds. The molecule has 0 saturated heterocycles. The second-order valence-corrected chi connectivity index (χ2v) is 8.35. The molecule has 7 heteroatoms. The van der Waals surface area contributed by atoms with Gasteiger partial charge in [-0.1, -0.05) is 18.6 Å². The molecule has 3 atom stereocenters. The maximum absolute atomic E-state index is 13.0. The largest absolute Gasteiger partial charge is 0.456 e. The molecular weight excluding hydrogens is 399 g/mol. The summed E-state index contributed by atoms with van der Waals surface area (Å²) in [6.07, 6.45) is 5.13. The Balaban J connectivity index is 1.29. The van der Waals surface area contributed by atoms with Crippen molar-refractivity contribution in [2.45, 2.75) is 32.1 Å². The van der Waals surface area contributed by atoms with E-state index >= 15 is 0 Å². The Bertz CT molecular complexity index is 976. The highest BCUT2D eigenvalue weighted by molar-refractivity contribution is 6.10. The van der Waals surface area contributed by atoms with Crippen LogP contribution < -0.4 is 10.6 Å². The smallest absolute Gasteiger partial charge is 0.306 e. The number of amides is 2. The van der Waals surface area contributed by atoms with E-state index in [0.29, 0.717) is 29.6 Å². The van der Waals surface area contributed by atoms with Gasteiger partial charge in [-0.3, -0.25) is 14.4 Å². The fourth-order valence-electron chi connectivity index (χ4n) is 4.75. The van der Waals surface area contributed by atoms with Gasteiger partial charge in [0.05, 0.1) is 11.3 Å². The van der Waals surface area contributed by atoms with Gasteiger partial charge in [-0.05, 0) is 73.4 Å². The molecule has 2 bridgehead atoms. The fourth-order valence-corrected chi connectivity index (χ4v) is 4.75. The molecule has 0 aromatic heterocycles. The molecule has 31 heavy (non-hydrogen) atoms. The van der Waals surface area contributed by atoms with Crippen LogP contribution in [0.15, 0.2) is 48.5 Å². The van der Waals surface area contributed by atoms with Gasteiger partial charge in [-0.25, -0.2) is 4.39 Å². The number of anilines is 2. The van der Waals surface area contributed by atoms with Crippen LogP contribution in [0.4, 0.5) is 15.8 Å². The summed E-state index contributed by atoms with van der Waals surface area (Å²) >= 11 is 0. The molecule has 0 radical (unpaired) electrons. The van der Waals surface area contributed by atoms with Gasteiger partial charge in [0.2, 0.25) is 0 Å². The summed E-state index contributed by atoms with van der Waals surface area (Å²) in [5.74, 6) is 0.0431. The third-order valence-corrected chi connectivity index (χ3v) is 6.23. The van der Waals surface area contributed by atoms with Crippen LogP contribution in [0.5, 0.6) is 0 Å². The Labute approximate surface area is 180 Å². The van der Waals surface area contributed by atoms with Crippen molar-refractivity contribution >= 4 is 29.2 Å². The number of benzene rings is 2. The molecule has 0 heterocycles. The van der Waals surface area contributed by atoms with Gasteiger partial charge >= 0.3 is 5.97 Å². The van der Waals surface area contributed by atoms with Crippen molar-refractivity contribution < 1.29 is 23.5 Å². The lowest BCUT2D eigenvalue weighted by Gasteiger charge is -2.20. The van der Waals surface area contributed by atoms with Gasteiger partial charge in [-0.2, -0.15) is 0 Å². The van der Waals surface area contributed by atoms with Crippen LogP contribution in [0, 0.1) is 23.6 Å². The van der Waals surface area contributed by atoms with E-state index in [2.05, 4.69) is 10.6 Å². The molecule has 2 saturated carbocycles. The van der Waals surface area contributed by atoms with E-state index in [1.54, 1.807) is 24.3 Å². The molecule has 2 aliphatic rings. The predicted octanol–water partition coefficient (Wildman–Crippen LogP) is 4.39. The summed E-state index contributed by atoms with van der Waals surface area (Å²) in [7, 11) is 0. The minimum atomic E-state index is -0.511. The molecule has 2 aliphatic carbocycles. The minimum Gasteiger partial charge on any atom is -0.456 e. The van der Waals surface area contributed by atoms with E-state index in [0.717, 1.165) is 12.3 Å². The quantitative estimate of drug-likeness (QED) is 0.646. The van der Waals surface area contributed by atoms with E-state index in [9.17, 15) is 18.8 Å². The van der Waals surface area contributed by atoms with E-state index in [1.165, 1.54) is 43.5 Å². The van der Waals surface area contributed by atoms with Crippen molar-refractivity contribution in [3.63, 3.8) is 0 Å². The second-order valence-electron chi connectivity index (χ2n) is 8.35. The van der Waals surface area contributed by atoms with Crippen LogP contribution in [0.3, 0.4) is 0 Å². The molecule has 0 unspecified atom stereocenters. The van der Waals surface area contributed by atoms with E-state index in [4.69, 9.17) is 4.74 Å². The lowest BCUT2D eigenvalue weighted by molar-refractivity contribution is -0.148. The SMILES string of the molecule is O=C(COC(=O)C[C@@H]1C[C@H]2CC[C@@H]1C2)Nc1ccccc1C(=O)Nc1ccc(F)cc1. The number of rotatable bonds is 7. The number of nitrogens with one attached hydrogen (secondary N) is 2. The summed E-state index contributed by atoms with van der Waals surface area (Å²) in [5.41, 5.74) is 0.979. The number of hydrogen-bond acceptors (Lipinski definition) is 4. The first-order chi connectivity index (χ1) is 15.0. The molecule has 162 valence electrons. The van der Waals surface area contributed by atoms with Crippen LogP contribution >= 0.6 is 0 Å². The number of fused-ring (bicyclic) bond motifs is 2. The van der Waals surface area contributed by atoms with E-state index < -0.39 is 24.2 Å². The van der Waals surface area contributed by atoms with Crippen LogP contribution in [-0.2, 0) is 14.3 Å². The summed E-state index contributed by atoms with van der Waals surface area (Å²) in [6, 6.07) is 11.9. The highest BCUT2D eigenvalue weighted by Crippen LogP contribution is 2.49. The Kier molecular flexibility index (Phi) is 6.30. The summed E-state index contributed by atoms with van der Waals surface area (Å²) in [4.78, 5) is 37.0. The lowest BCUT2D eigenvalue weighted by atomic mass is 9.86. The maximum Gasteiger partial charge on any atom is 0.306 e. The number of carbonyl (C=O) groups excluding carboxylic acids is 3. The monoisotopic (exact) mass is 424 g/mol. The van der Waals surface area contributed by atoms with Crippen molar-refractivity contribution in [2.75, 3.05) is 17.2 Å². The first-order valence-corrected chi connectivity index (χ1v) is 10.6. The van der Waals surface area contributed by atoms with Gasteiger partial charge in [0.1, 0.15) is 5.82 Å². The maximum atomic E-state index is 13.0. The highest BCUT2D eigenvalue weighted by Gasteiger charge is 2.40. The Morgan fingerprint density at radius 1 is 0.968 bits per heavy atom. The van der Waals surface area contributed by atoms with Crippen molar-refractivity contribution in [3.8, 4) is 0 Å². The summed E-state index contributed by atoms with van der Waals surface area (Å²) in [5, 5.41) is 5.29. The van der Waals surface area contributed by atoms with E-state index in [-0.39, 0.29) is 11.5 Å². The normalized spacial score (nSPS) is 21.5. The molecule has 2 aromatic carbocycles. The number of hydrogen-bond donors (Lipinski definition) is 2. The average Bonchev–Trinajstić information content (AvgIpc) is 3.37. The molecule has 2 fully saturated rings. The minimum absolute atomic E-state index is 0.244. The number of esters is 1. The predicted molar refractivity (Wildman–Crippen MR) is 114 cm³/mol. The lowest BCUT2D eigenvalue weighted by Crippen LogP contribution is -2.24. The zero-order chi connectivity index (χ0) is 21.8. The number of para-hydroxylation sites is 1. The molecule has 2 aromatic rings. The zero-order valence-corrected chi connectivity index (χ0v) is 17.1. The standard InChI is InChI=1S/C24H25FN2O4/c25-18-7-9-19(10-8-18)26-24(30)20-3-1-2-4-21(20)27-22(28)14-31-23(29)13-17-12-15-5-6-16(17)11-15/h1-4,7-10,15-17H,5-6,11-14H2,(H,26,30)(H,27,28)/t15-,16+,17-/m0/s1. The molecule has 2 N–H and O–H groups in total. The first kappa shape index (κ1) is 21.0. The highest BCUT2D eigenvalue weighted by atomic mass is 19.1. The van der Waals surface area contributed by atoms with Crippen molar-refractivity contribution in [1.82, 2.24) is 0 Å². The fraction of sp³-hybridized carbons (Fsp3) is 0.375. The van der Waals surface area contributed by atoms with Gasteiger partial charge in [0.15, 0.2) is 6.61 Å². The van der Waals surface area contributed by atoms with Crippen LogP contribution in [-0.4, -0.2) is 24.4 Å². The van der Waals surface area contributed by atoms with Crippen LogP contribution in [0.25, 0.3) is 0 Å². The topological polar surface area (TPSA) is 84.5 Å². The number of carbonyl (C=O) groups is 3. The number of halogens is 1. The van der Waals surface area contributed by atoms with Crippen LogP contribution in [0.2, 0.25) is 0 Å². The average molecular weight is 424 g/mol. The van der Waals surface area contributed by atoms with Gasteiger partial charge in [-0.15, -0.1) is 0 Å². The third-order valence-electron chi connectivity index (χ3n) is 6.23. The molecule has 0 spiro atoms. The Morgan fingerprint density at radius 2 is 1.74 bits per heavy atom. The van der Waals surface area contributed by atoms with Gasteiger partial charge in [0.25, 0.3) is 11.8 Å². The van der Waals surface area contributed by atoms with Crippen molar-refractivity contribution in [2.24, 2.45) is 17.8 Å². The van der Waals surface area contributed by atoms with Gasteiger partial charge in [0, 0.05) is 12.1 Å². The van der Waals surface area contributed by atoms with Gasteiger partial charge < -0.3 is 15.4 Å². The zero-order valence-electron chi connectivity index (χ0n) is 17.1. The molecule has 0 aliphatic heterocycles. The molecule has 4 rings (SSSR count). The molecule has 6 nitrogen and oxygen atoms in total. The van der Waals surface area contributed by atoms with Crippen LogP contribution in [0.1, 0.15) is 42.5 Å². The molecular formula is C24H25FN2O4. The van der Waals surface area contributed by atoms with Crippen molar-refractivity contribution in [1.29, 1.82) is 0 Å². The number of ether oxygens (including phenoxy) is 1. The second kappa shape index (κ2) is 9.29. The Morgan fingerprint density at radius 3 is 2.45 bits per heavy atom. The first-order valence-electron chi connectivity index (χ1n) is 10.6. The summed E-state index contributed by atoms with van der Waals surface area (Å²) < 4.78 is 18.2. The Hall–Kier alpha value is -3.22.